The largest absolute Gasteiger partial charge is 0.302 e. The van der Waals surface area contributed by atoms with E-state index < -0.39 is 0 Å². The van der Waals surface area contributed by atoms with Crippen molar-refractivity contribution >= 4 is 0 Å². The summed E-state index contributed by atoms with van der Waals surface area (Å²) in [5.74, 6) is 0. The highest BCUT2D eigenvalue weighted by molar-refractivity contribution is 4.71. The minimum Gasteiger partial charge on any atom is -0.302 e. The van der Waals surface area contributed by atoms with Gasteiger partial charge in [-0.25, -0.2) is 0 Å². The predicted molar refractivity (Wildman–Crippen MR) is 53.2 cm³/mol. The second kappa shape index (κ2) is 5.55. The van der Waals surface area contributed by atoms with Gasteiger partial charge in [0.15, 0.2) is 0 Å². The fourth-order valence-corrected chi connectivity index (χ4v) is 1.77. The Morgan fingerprint density at radius 3 is 2.83 bits per heavy atom. The number of nitrogens with zero attached hydrogens (tertiary/aromatic N) is 1. The lowest BCUT2D eigenvalue weighted by molar-refractivity contribution is 0.168. The SMILES string of the molecule is CCCCN(C)C1CCCCN1. The average molecular weight is 170 g/mol. The highest BCUT2D eigenvalue weighted by Crippen LogP contribution is 2.10. The van der Waals surface area contributed by atoms with Crippen LogP contribution in [-0.2, 0) is 0 Å². The number of unbranched alkanes of at least 4 members (excludes halogenated alkanes) is 1. The molecule has 1 saturated heterocycles. The summed E-state index contributed by atoms with van der Waals surface area (Å²) in [7, 11) is 2.23. The first-order chi connectivity index (χ1) is 5.84. The molecule has 1 unspecified atom stereocenters. The maximum absolute atomic E-state index is 3.55. The van der Waals surface area contributed by atoms with Gasteiger partial charge in [0.1, 0.15) is 0 Å². The van der Waals surface area contributed by atoms with Crippen molar-refractivity contribution in [1.29, 1.82) is 0 Å². The van der Waals surface area contributed by atoms with E-state index in [9.17, 15) is 0 Å². The van der Waals surface area contributed by atoms with Gasteiger partial charge < -0.3 is 5.32 Å². The average Bonchev–Trinajstić information content (AvgIpc) is 2.15. The second-order valence-corrected chi connectivity index (χ2v) is 3.80. The Morgan fingerprint density at radius 2 is 2.25 bits per heavy atom. The highest BCUT2D eigenvalue weighted by atomic mass is 15.2. The van der Waals surface area contributed by atoms with E-state index in [1.54, 1.807) is 0 Å². The monoisotopic (exact) mass is 170 g/mol. The van der Waals surface area contributed by atoms with Gasteiger partial charge in [-0.1, -0.05) is 13.3 Å². The van der Waals surface area contributed by atoms with Gasteiger partial charge >= 0.3 is 0 Å². The molecule has 1 aliphatic rings. The van der Waals surface area contributed by atoms with Crippen LogP contribution in [0.25, 0.3) is 0 Å². The van der Waals surface area contributed by atoms with E-state index in [0.717, 1.165) is 0 Å². The van der Waals surface area contributed by atoms with Crippen molar-refractivity contribution < 1.29 is 0 Å². The Kier molecular flexibility index (Phi) is 4.62. The molecule has 2 heteroatoms. The van der Waals surface area contributed by atoms with E-state index in [1.165, 1.54) is 45.2 Å². The quantitative estimate of drug-likeness (QED) is 0.692. The minimum absolute atomic E-state index is 0.658. The number of hydrogen-bond acceptors (Lipinski definition) is 2. The third kappa shape index (κ3) is 3.11. The Balaban J connectivity index is 2.15. The van der Waals surface area contributed by atoms with E-state index in [2.05, 4.69) is 24.2 Å². The molecule has 1 N–H and O–H groups in total. The van der Waals surface area contributed by atoms with Crippen molar-refractivity contribution in [2.24, 2.45) is 0 Å². The van der Waals surface area contributed by atoms with Crippen LogP contribution in [0.5, 0.6) is 0 Å². The molecule has 0 amide bonds. The Hall–Kier alpha value is -0.0800. The summed E-state index contributed by atoms with van der Waals surface area (Å²) in [4.78, 5) is 2.46. The first-order valence-electron chi connectivity index (χ1n) is 5.28. The van der Waals surface area contributed by atoms with Crippen LogP contribution in [0, 0.1) is 0 Å². The van der Waals surface area contributed by atoms with Crippen molar-refractivity contribution in [3.05, 3.63) is 0 Å². The zero-order valence-corrected chi connectivity index (χ0v) is 8.47. The topological polar surface area (TPSA) is 15.3 Å². The van der Waals surface area contributed by atoms with Gasteiger partial charge in [0.2, 0.25) is 0 Å². The molecular weight excluding hydrogens is 148 g/mol. The summed E-state index contributed by atoms with van der Waals surface area (Å²) in [6.07, 6.45) is 7.38. The molecule has 0 aromatic heterocycles. The molecule has 0 spiro atoms. The minimum atomic E-state index is 0.658. The Labute approximate surface area is 76.3 Å². The fourth-order valence-electron chi connectivity index (χ4n) is 1.77. The van der Waals surface area contributed by atoms with Crippen LogP contribution in [0.2, 0.25) is 0 Å². The number of nitrogens with one attached hydrogen (secondary N) is 1. The zero-order valence-electron chi connectivity index (χ0n) is 8.47. The van der Waals surface area contributed by atoms with E-state index in [1.807, 2.05) is 0 Å². The molecular formula is C10H22N2. The highest BCUT2D eigenvalue weighted by Gasteiger charge is 2.15. The maximum Gasteiger partial charge on any atom is 0.0594 e. The van der Waals surface area contributed by atoms with Crippen LogP contribution in [0.15, 0.2) is 0 Å². The van der Waals surface area contributed by atoms with Crippen molar-refractivity contribution in [3.63, 3.8) is 0 Å². The molecule has 1 rings (SSSR count). The van der Waals surface area contributed by atoms with Crippen molar-refractivity contribution in [2.75, 3.05) is 20.1 Å². The molecule has 1 aliphatic heterocycles. The van der Waals surface area contributed by atoms with E-state index in [-0.39, 0.29) is 0 Å². The maximum atomic E-state index is 3.55. The normalized spacial score (nSPS) is 24.8. The molecule has 0 bridgehead atoms. The summed E-state index contributed by atoms with van der Waals surface area (Å²) >= 11 is 0. The first-order valence-corrected chi connectivity index (χ1v) is 5.28. The molecule has 12 heavy (non-hydrogen) atoms. The number of hydrogen-bond donors (Lipinski definition) is 1. The summed E-state index contributed by atoms with van der Waals surface area (Å²) < 4.78 is 0. The van der Waals surface area contributed by atoms with Gasteiger partial charge in [-0.2, -0.15) is 0 Å². The Morgan fingerprint density at radius 1 is 1.42 bits per heavy atom. The van der Waals surface area contributed by atoms with E-state index in [4.69, 9.17) is 0 Å². The lowest BCUT2D eigenvalue weighted by Gasteiger charge is -2.32. The van der Waals surface area contributed by atoms with Crippen LogP contribution in [-0.4, -0.2) is 31.2 Å². The Bertz CT molecular complexity index is 108. The summed E-state index contributed by atoms with van der Waals surface area (Å²) in [6.45, 7) is 4.71. The smallest absolute Gasteiger partial charge is 0.0594 e. The second-order valence-electron chi connectivity index (χ2n) is 3.80. The van der Waals surface area contributed by atoms with E-state index in [0.29, 0.717) is 6.17 Å². The standard InChI is InChI=1S/C10H22N2/c1-3-4-9-12(2)10-7-5-6-8-11-10/h10-11H,3-9H2,1-2H3. The van der Waals surface area contributed by atoms with Gasteiger partial charge in [0, 0.05) is 0 Å². The number of piperidine rings is 1. The molecule has 1 heterocycles. The van der Waals surface area contributed by atoms with Crippen LogP contribution in [0.3, 0.4) is 0 Å². The molecule has 0 aromatic rings. The van der Waals surface area contributed by atoms with Gasteiger partial charge in [-0.05, 0) is 45.8 Å². The third-order valence-corrected chi connectivity index (χ3v) is 2.68. The lowest BCUT2D eigenvalue weighted by atomic mass is 10.1. The molecule has 2 nitrogen and oxygen atoms in total. The molecule has 0 saturated carbocycles. The zero-order chi connectivity index (χ0) is 8.81. The van der Waals surface area contributed by atoms with Crippen LogP contribution >= 0.6 is 0 Å². The van der Waals surface area contributed by atoms with Gasteiger partial charge in [-0.3, -0.25) is 4.90 Å². The molecule has 0 aromatic carbocycles. The van der Waals surface area contributed by atoms with Gasteiger partial charge in [0.25, 0.3) is 0 Å². The van der Waals surface area contributed by atoms with Crippen molar-refractivity contribution in [1.82, 2.24) is 10.2 Å². The van der Waals surface area contributed by atoms with E-state index >= 15 is 0 Å². The molecule has 0 aliphatic carbocycles. The first kappa shape index (κ1) is 10.0. The molecule has 1 fully saturated rings. The van der Waals surface area contributed by atoms with Gasteiger partial charge in [-0.15, -0.1) is 0 Å². The van der Waals surface area contributed by atoms with Crippen molar-refractivity contribution in [3.8, 4) is 0 Å². The molecule has 1 atom stereocenters. The third-order valence-electron chi connectivity index (χ3n) is 2.68. The van der Waals surface area contributed by atoms with Crippen LogP contribution < -0.4 is 5.32 Å². The number of rotatable bonds is 4. The van der Waals surface area contributed by atoms with Crippen molar-refractivity contribution in [2.45, 2.75) is 45.2 Å². The lowest BCUT2D eigenvalue weighted by Crippen LogP contribution is -2.46. The summed E-state index contributed by atoms with van der Waals surface area (Å²) in [6, 6.07) is 0. The molecule has 0 radical (unpaired) electrons. The summed E-state index contributed by atoms with van der Waals surface area (Å²) in [5, 5.41) is 3.55. The predicted octanol–water partition coefficient (Wildman–Crippen LogP) is 1.82. The fraction of sp³-hybridized carbons (Fsp3) is 1.00. The summed E-state index contributed by atoms with van der Waals surface area (Å²) in [5.41, 5.74) is 0. The van der Waals surface area contributed by atoms with Crippen LogP contribution in [0.4, 0.5) is 0 Å². The van der Waals surface area contributed by atoms with Crippen LogP contribution in [0.1, 0.15) is 39.0 Å². The van der Waals surface area contributed by atoms with Gasteiger partial charge in [0.05, 0.1) is 6.17 Å². The molecule has 72 valence electrons.